The highest BCUT2D eigenvalue weighted by molar-refractivity contribution is 7.88. The van der Waals surface area contributed by atoms with Crippen molar-refractivity contribution in [2.45, 2.75) is 24.5 Å². The molecule has 144 valence electrons. The van der Waals surface area contributed by atoms with Crippen molar-refractivity contribution in [3.05, 3.63) is 30.2 Å². The van der Waals surface area contributed by atoms with Crippen LogP contribution in [0.3, 0.4) is 0 Å². The molecule has 1 spiro atoms. The lowest BCUT2D eigenvalue weighted by Crippen LogP contribution is -2.41. The van der Waals surface area contributed by atoms with Gasteiger partial charge in [0.2, 0.25) is 10.0 Å². The van der Waals surface area contributed by atoms with Crippen molar-refractivity contribution in [2.24, 2.45) is 11.8 Å². The average molecular weight is 391 g/mol. The lowest BCUT2D eigenvalue weighted by Gasteiger charge is -2.29. The topological polar surface area (TPSA) is 106 Å². The summed E-state index contributed by atoms with van der Waals surface area (Å²) < 4.78 is 33.5. The molecule has 0 unspecified atom stereocenters. The Kier molecular flexibility index (Phi) is 3.62. The lowest BCUT2D eigenvalue weighted by molar-refractivity contribution is 0.00316. The Labute approximate surface area is 156 Å². The van der Waals surface area contributed by atoms with E-state index in [1.54, 1.807) is 33.9 Å². The molecule has 2 aromatic heterocycles. The lowest BCUT2D eigenvalue weighted by atomic mass is 9.74. The fourth-order valence-electron chi connectivity index (χ4n) is 5.00. The first-order valence-corrected chi connectivity index (χ1v) is 11.0. The number of sulfonamides is 1. The van der Waals surface area contributed by atoms with Crippen LogP contribution in [0.1, 0.15) is 23.3 Å². The maximum Gasteiger partial charge on any atom is 0.274 e. The van der Waals surface area contributed by atoms with Crippen LogP contribution < -0.4 is 4.72 Å². The van der Waals surface area contributed by atoms with E-state index in [1.807, 2.05) is 0 Å². The number of rotatable bonds is 4. The third-order valence-electron chi connectivity index (χ3n) is 6.15. The average Bonchev–Trinajstić information content (AvgIpc) is 3.36. The van der Waals surface area contributed by atoms with Crippen molar-refractivity contribution in [1.82, 2.24) is 24.2 Å². The second-order valence-corrected chi connectivity index (χ2v) is 9.61. The quantitative estimate of drug-likeness (QED) is 0.780. The Bertz CT molecular complexity index is 1020. The van der Waals surface area contributed by atoms with Crippen LogP contribution in [0.5, 0.6) is 0 Å². The highest BCUT2D eigenvalue weighted by atomic mass is 32.2. The summed E-state index contributed by atoms with van der Waals surface area (Å²) in [5.41, 5.74) is 0.714. The van der Waals surface area contributed by atoms with E-state index >= 15 is 0 Å². The molecule has 27 heavy (non-hydrogen) atoms. The van der Waals surface area contributed by atoms with Crippen LogP contribution in [0.15, 0.2) is 24.5 Å². The number of imidazole rings is 1. The summed E-state index contributed by atoms with van der Waals surface area (Å²) >= 11 is 0. The second-order valence-electron chi connectivity index (χ2n) is 7.77. The monoisotopic (exact) mass is 391 g/mol. The van der Waals surface area contributed by atoms with Crippen LogP contribution in [0.4, 0.5) is 0 Å². The van der Waals surface area contributed by atoms with Gasteiger partial charge in [0.1, 0.15) is 0 Å². The minimum Gasteiger partial charge on any atom is -0.369 e. The van der Waals surface area contributed by atoms with Crippen LogP contribution in [-0.2, 0) is 14.8 Å². The zero-order chi connectivity index (χ0) is 18.8. The van der Waals surface area contributed by atoms with E-state index in [4.69, 9.17) is 4.74 Å². The van der Waals surface area contributed by atoms with Crippen molar-refractivity contribution < 1.29 is 17.9 Å². The number of carbonyl (C=O) groups excluding carboxylic acids is 1. The number of hydrogen-bond donors (Lipinski definition) is 1. The molecule has 0 aliphatic carbocycles. The molecule has 3 fully saturated rings. The molecule has 3 aliphatic heterocycles. The fourth-order valence-corrected chi connectivity index (χ4v) is 5.50. The Morgan fingerprint density at radius 3 is 3.15 bits per heavy atom. The first-order chi connectivity index (χ1) is 12.9. The molecule has 0 radical (unpaired) electrons. The summed E-state index contributed by atoms with van der Waals surface area (Å²) in [7, 11) is -3.26. The van der Waals surface area contributed by atoms with Crippen LogP contribution >= 0.6 is 0 Å². The maximum atomic E-state index is 13.1. The number of aromatic nitrogens is 3. The molecule has 3 saturated heterocycles. The van der Waals surface area contributed by atoms with Crippen molar-refractivity contribution in [1.29, 1.82) is 0 Å². The summed E-state index contributed by atoms with van der Waals surface area (Å²) in [5, 5.41) is 4.22. The smallest absolute Gasteiger partial charge is 0.274 e. The number of fused-ring (bicyclic) bond motifs is 2. The molecule has 1 amide bonds. The predicted molar refractivity (Wildman–Crippen MR) is 95.6 cm³/mol. The summed E-state index contributed by atoms with van der Waals surface area (Å²) in [4.78, 5) is 19.2. The largest absolute Gasteiger partial charge is 0.369 e. The highest BCUT2D eigenvalue weighted by Crippen LogP contribution is 2.54. The van der Waals surface area contributed by atoms with Crippen molar-refractivity contribution in [3.63, 3.8) is 0 Å². The molecule has 5 heterocycles. The van der Waals surface area contributed by atoms with E-state index < -0.39 is 10.0 Å². The van der Waals surface area contributed by atoms with Gasteiger partial charge in [-0.1, -0.05) is 0 Å². The summed E-state index contributed by atoms with van der Waals surface area (Å²) in [6.45, 7) is 1.45. The minimum atomic E-state index is -3.26. The number of nitrogens with one attached hydrogen (secondary N) is 1. The second kappa shape index (κ2) is 5.73. The molecule has 3 aliphatic rings. The van der Waals surface area contributed by atoms with Gasteiger partial charge in [-0.25, -0.2) is 22.6 Å². The summed E-state index contributed by atoms with van der Waals surface area (Å²) in [6.07, 6.45) is 6.23. The molecular formula is C17H21N5O4S. The molecular weight excluding hydrogens is 370 g/mol. The van der Waals surface area contributed by atoms with Gasteiger partial charge < -0.3 is 9.64 Å². The zero-order valence-corrected chi connectivity index (χ0v) is 15.7. The third kappa shape index (κ3) is 2.66. The first-order valence-electron chi connectivity index (χ1n) is 9.07. The van der Waals surface area contributed by atoms with E-state index in [-0.39, 0.29) is 29.4 Å². The number of ether oxygens (including phenoxy) is 1. The van der Waals surface area contributed by atoms with Crippen LogP contribution in [0.25, 0.3) is 5.65 Å². The standard InChI is InChI=1S/C17H21N5O4S/c1-27(24,25)20-7-11-12-9-21(10-17(12)5-4-14(11)26-17)16(23)13-8-18-15-3-2-6-19-22(13)15/h2-3,6,8,11-12,14,20H,4-5,7,9-10H2,1H3/t11-,12+,14+,17+/m0/s1. The van der Waals surface area contributed by atoms with Crippen molar-refractivity contribution >= 4 is 21.6 Å². The molecule has 2 aromatic rings. The van der Waals surface area contributed by atoms with E-state index in [0.717, 1.165) is 12.8 Å². The van der Waals surface area contributed by atoms with E-state index in [1.165, 1.54) is 6.26 Å². The van der Waals surface area contributed by atoms with Crippen LogP contribution in [0, 0.1) is 11.8 Å². The number of carbonyl (C=O) groups is 1. The van der Waals surface area contributed by atoms with Gasteiger partial charge in [0.05, 0.1) is 30.7 Å². The Morgan fingerprint density at radius 2 is 2.33 bits per heavy atom. The molecule has 9 nitrogen and oxygen atoms in total. The van der Waals surface area contributed by atoms with E-state index in [0.29, 0.717) is 31.0 Å². The molecule has 10 heteroatoms. The summed E-state index contributed by atoms with van der Waals surface area (Å²) in [6, 6.07) is 3.58. The van der Waals surface area contributed by atoms with Gasteiger partial charge in [-0.3, -0.25) is 4.79 Å². The predicted octanol–water partition coefficient (Wildman–Crippen LogP) is -0.102. The van der Waals surface area contributed by atoms with Crippen molar-refractivity contribution in [2.75, 3.05) is 25.9 Å². The SMILES string of the molecule is CS(=O)(=O)NC[C@H]1[C@H]2CN(C(=O)c3cnc4cccnn34)C[C@]23CC[C@H]1O3. The van der Waals surface area contributed by atoms with E-state index in [9.17, 15) is 13.2 Å². The molecule has 1 N–H and O–H groups in total. The fraction of sp³-hybridized carbons (Fsp3) is 0.588. The number of likely N-dealkylation sites (tertiary alicyclic amines) is 1. The van der Waals surface area contributed by atoms with Gasteiger partial charge in [-0.15, -0.1) is 0 Å². The van der Waals surface area contributed by atoms with Crippen LogP contribution in [-0.4, -0.2) is 71.4 Å². The van der Waals surface area contributed by atoms with Gasteiger partial charge in [0.25, 0.3) is 5.91 Å². The molecule has 2 bridgehead atoms. The van der Waals surface area contributed by atoms with Crippen molar-refractivity contribution in [3.8, 4) is 0 Å². The third-order valence-corrected chi connectivity index (χ3v) is 6.84. The van der Waals surface area contributed by atoms with Gasteiger partial charge in [0, 0.05) is 31.1 Å². The first kappa shape index (κ1) is 17.1. The molecule has 5 rings (SSSR count). The molecule has 0 aromatic carbocycles. The van der Waals surface area contributed by atoms with Crippen LogP contribution in [0.2, 0.25) is 0 Å². The number of nitrogens with zero attached hydrogens (tertiary/aromatic N) is 4. The molecule has 0 saturated carbocycles. The number of amides is 1. The minimum absolute atomic E-state index is 0.0685. The zero-order valence-electron chi connectivity index (χ0n) is 14.9. The Balaban J connectivity index is 1.39. The van der Waals surface area contributed by atoms with Gasteiger partial charge in [-0.2, -0.15) is 5.10 Å². The Hall–Kier alpha value is -2.04. The van der Waals surface area contributed by atoms with Gasteiger partial charge >= 0.3 is 0 Å². The highest BCUT2D eigenvalue weighted by Gasteiger charge is 2.63. The Morgan fingerprint density at radius 1 is 1.48 bits per heavy atom. The maximum absolute atomic E-state index is 13.1. The normalized spacial score (nSPS) is 32.3. The van der Waals surface area contributed by atoms with Gasteiger partial charge in [0.15, 0.2) is 11.3 Å². The van der Waals surface area contributed by atoms with E-state index in [2.05, 4.69) is 14.8 Å². The summed E-state index contributed by atoms with van der Waals surface area (Å²) in [5.74, 6) is 0.111. The number of hydrogen-bond acceptors (Lipinski definition) is 6. The van der Waals surface area contributed by atoms with Gasteiger partial charge in [-0.05, 0) is 25.0 Å². The molecule has 4 atom stereocenters.